The highest BCUT2D eigenvalue weighted by molar-refractivity contribution is 5.94. The minimum Gasteiger partial charge on any atom is -0.389 e. The number of hydrogen-bond donors (Lipinski definition) is 1. The van der Waals surface area contributed by atoms with Gasteiger partial charge in [-0.1, -0.05) is 30.3 Å². The van der Waals surface area contributed by atoms with Gasteiger partial charge in [-0.3, -0.25) is 14.4 Å². The molecule has 2 aliphatic heterocycles. The van der Waals surface area contributed by atoms with Crippen molar-refractivity contribution in [3.63, 3.8) is 0 Å². The van der Waals surface area contributed by atoms with Crippen molar-refractivity contribution in [2.75, 3.05) is 19.7 Å². The first kappa shape index (κ1) is 19.5. The maximum atomic E-state index is 13.0. The van der Waals surface area contributed by atoms with Gasteiger partial charge in [0.1, 0.15) is 12.6 Å². The lowest BCUT2D eigenvalue weighted by molar-refractivity contribution is -0.146. The second-order valence-electron chi connectivity index (χ2n) is 7.40. The van der Waals surface area contributed by atoms with Crippen LogP contribution in [0.15, 0.2) is 30.3 Å². The zero-order chi connectivity index (χ0) is 19.2. The number of nitrogens with zero attached hydrogens (tertiary/aromatic N) is 2. The number of benzene rings is 1. The summed E-state index contributed by atoms with van der Waals surface area (Å²) in [5.41, 5.74) is 1.21. The van der Waals surface area contributed by atoms with Crippen molar-refractivity contribution >= 4 is 17.6 Å². The van der Waals surface area contributed by atoms with Crippen molar-refractivity contribution in [3.05, 3.63) is 35.9 Å². The van der Waals surface area contributed by atoms with Crippen LogP contribution in [0.25, 0.3) is 0 Å². The van der Waals surface area contributed by atoms with Crippen LogP contribution in [-0.4, -0.2) is 64.3 Å². The van der Waals surface area contributed by atoms with Crippen molar-refractivity contribution < 1.29 is 19.5 Å². The van der Waals surface area contributed by atoms with E-state index in [-0.39, 0.29) is 17.6 Å². The third-order valence-electron chi connectivity index (χ3n) is 5.62. The minimum atomic E-state index is -0.540. The highest BCUT2D eigenvalue weighted by Crippen LogP contribution is 2.26. The smallest absolute Gasteiger partial charge is 0.245 e. The summed E-state index contributed by atoms with van der Waals surface area (Å²) in [6, 6.07) is 9.08. The molecule has 3 rings (SSSR count). The Kier molecular flexibility index (Phi) is 6.61. The Morgan fingerprint density at radius 3 is 2.33 bits per heavy atom. The topological polar surface area (TPSA) is 77.9 Å². The molecule has 2 heterocycles. The van der Waals surface area contributed by atoms with Gasteiger partial charge in [0, 0.05) is 19.5 Å². The van der Waals surface area contributed by atoms with Crippen molar-refractivity contribution in [1.82, 2.24) is 9.80 Å². The molecule has 1 N–H and O–H groups in total. The number of hydrogen-bond acceptors (Lipinski definition) is 4. The molecule has 2 atom stereocenters. The SMILES string of the molecule is O=C(CO)[C@@H]1CCCN1C(=O)[C@@H]1CCCN1C(=O)CCCc1ccccc1. The molecule has 6 heteroatoms. The largest absolute Gasteiger partial charge is 0.389 e. The molecule has 2 aliphatic rings. The molecule has 0 saturated carbocycles. The summed E-state index contributed by atoms with van der Waals surface area (Å²) in [6.07, 6.45) is 4.86. The number of carbonyl (C=O) groups is 3. The van der Waals surface area contributed by atoms with Crippen LogP contribution in [0, 0.1) is 0 Å². The predicted molar refractivity (Wildman–Crippen MR) is 101 cm³/mol. The molecule has 6 nitrogen and oxygen atoms in total. The lowest BCUT2D eigenvalue weighted by atomic mass is 10.1. The number of aliphatic hydroxyl groups excluding tert-OH is 1. The quantitative estimate of drug-likeness (QED) is 0.788. The molecule has 2 saturated heterocycles. The Morgan fingerprint density at radius 1 is 0.963 bits per heavy atom. The third-order valence-corrected chi connectivity index (χ3v) is 5.62. The number of Topliss-reactive ketones (excluding diaryl/α,β-unsaturated/α-hetero) is 1. The molecule has 0 spiro atoms. The molecular weight excluding hydrogens is 344 g/mol. The maximum absolute atomic E-state index is 13.0. The highest BCUT2D eigenvalue weighted by Gasteiger charge is 2.41. The van der Waals surface area contributed by atoms with Gasteiger partial charge in [0.2, 0.25) is 11.8 Å². The predicted octanol–water partition coefficient (Wildman–Crippen LogP) is 1.55. The highest BCUT2D eigenvalue weighted by atomic mass is 16.3. The zero-order valence-corrected chi connectivity index (χ0v) is 15.7. The van der Waals surface area contributed by atoms with E-state index >= 15 is 0 Å². The van der Waals surface area contributed by atoms with E-state index in [0.29, 0.717) is 32.4 Å². The first-order valence-corrected chi connectivity index (χ1v) is 9.89. The van der Waals surface area contributed by atoms with E-state index in [2.05, 4.69) is 12.1 Å². The van der Waals surface area contributed by atoms with Gasteiger partial charge in [-0.15, -0.1) is 0 Å². The molecule has 1 aromatic carbocycles. The monoisotopic (exact) mass is 372 g/mol. The first-order chi connectivity index (χ1) is 13.1. The van der Waals surface area contributed by atoms with E-state index in [1.807, 2.05) is 18.2 Å². The lowest BCUT2D eigenvalue weighted by Crippen LogP contribution is -2.51. The molecular formula is C21H28N2O4. The summed E-state index contributed by atoms with van der Waals surface area (Å²) in [5, 5.41) is 9.14. The van der Waals surface area contributed by atoms with E-state index in [1.165, 1.54) is 5.56 Å². The van der Waals surface area contributed by atoms with Crippen LogP contribution in [0.1, 0.15) is 44.1 Å². The Morgan fingerprint density at radius 2 is 1.63 bits per heavy atom. The van der Waals surface area contributed by atoms with Crippen LogP contribution in [0.5, 0.6) is 0 Å². The van der Waals surface area contributed by atoms with E-state index in [9.17, 15) is 14.4 Å². The van der Waals surface area contributed by atoms with E-state index in [1.54, 1.807) is 9.80 Å². The second-order valence-corrected chi connectivity index (χ2v) is 7.40. The van der Waals surface area contributed by atoms with Crippen LogP contribution in [0.3, 0.4) is 0 Å². The number of amides is 2. The third kappa shape index (κ3) is 4.56. The Balaban J connectivity index is 1.56. The number of aryl methyl sites for hydroxylation is 1. The summed E-state index contributed by atoms with van der Waals surface area (Å²) >= 11 is 0. The lowest BCUT2D eigenvalue weighted by Gasteiger charge is -2.30. The van der Waals surface area contributed by atoms with Crippen LogP contribution in [0.2, 0.25) is 0 Å². The molecule has 1 aromatic rings. The fraction of sp³-hybridized carbons (Fsp3) is 0.571. The van der Waals surface area contributed by atoms with Crippen LogP contribution in [-0.2, 0) is 20.8 Å². The van der Waals surface area contributed by atoms with E-state index < -0.39 is 18.7 Å². The zero-order valence-electron chi connectivity index (χ0n) is 15.7. The number of ketones is 1. The molecule has 0 bridgehead atoms. The fourth-order valence-corrected chi connectivity index (χ4v) is 4.22. The number of aliphatic hydroxyl groups is 1. The van der Waals surface area contributed by atoms with Gasteiger partial charge in [-0.25, -0.2) is 0 Å². The summed E-state index contributed by atoms with van der Waals surface area (Å²) in [7, 11) is 0. The molecule has 0 radical (unpaired) electrons. The Hall–Kier alpha value is -2.21. The number of likely N-dealkylation sites (tertiary alicyclic amines) is 2. The van der Waals surface area contributed by atoms with Gasteiger partial charge in [-0.2, -0.15) is 0 Å². The molecule has 0 aliphatic carbocycles. The molecule has 2 fully saturated rings. The summed E-state index contributed by atoms with van der Waals surface area (Å²) in [5.74, 6) is -0.418. The summed E-state index contributed by atoms with van der Waals surface area (Å²) in [6.45, 7) is 0.593. The minimum absolute atomic E-state index is 0.0195. The van der Waals surface area contributed by atoms with E-state index in [0.717, 1.165) is 25.7 Å². The fourth-order valence-electron chi connectivity index (χ4n) is 4.22. The van der Waals surface area contributed by atoms with Crippen molar-refractivity contribution in [1.29, 1.82) is 0 Å². The van der Waals surface area contributed by atoms with Crippen molar-refractivity contribution in [3.8, 4) is 0 Å². The normalized spacial score (nSPS) is 22.3. The van der Waals surface area contributed by atoms with Crippen molar-refractivity contribution in [2.45, 2.75) is 57.0 Å². The molecule has 0 unspecified atom stereocenters. The molecule has 27 heavy (non-hydrogen) atoms. The summed E-state index contributed by atoms with van der Waals surface area (Å²) < 4.78 is 0. The Bertz CT molecular complexity index is 676. The van der Waals surface area contributed by atoms with E-state index in [4.69, 9.17) is 5.11 Å². The van der Waals surface area contributed by atoms with Gasteiger partial charge < -0.3 is 14.9 Å². The van der Waals surface area contributed by atoms with Gasteiger partial charge >= 0.3 is 0 Å². The average Bonchev–Trinajstić information content (AvgIpc) is 3.37. The van der Waals surface area contributed by atoms with Crippen LogP contribution < -0.4 is 0 Å². The average molecular weight is 372 g/mol. The van der Waals surface area contributed by atoms with Gasteiger partial charge in [0.15, 0.2) is 5.78 Å². The van der Waals surface area contributed by atoms with Gasteiger partial charge in [0.25, 0.3) is 0 Å². The first-order valence-electron chi connectivity index (χ1n) is 9.89. The van der Waals surface area contributed by atoms with Crippen LogP contribution in [0.4, 0.5) is 0 Å². The van der Waals surface area contributed by atoms with Crippen LogP contribution >= 0.6 is 0 Å². The van der Waals surface area contributed by atoms with Gasteiger partial charge in [0.05, 0.1) is 6.04 Å². The molecule has 0 aromatic heterocycles. The standard InChI is InChI=1S/C21H28N2O4/c24-15-19(25)17-10-5-14-23(17)21(27)18-11-6-13-22(18)20(26)12-4-9-16-7-2-1-3-8-16/h1-3,7-8,17-18,24H,4-6,9-15H2/t17-,18-/m0/s1. The number of rotatable bonds is 7. The summed E-state index contributed by atoms with van der Waals surface area (Å²) in [4.78, 5) is 40.9. The van der Waals surface area contributed by atoms with Gasteiger partial charge in [-0.05, 0) is 44.1 Å². The number of carbonyl (C=O) groups excluding carboxylic acids is 3. The van der Waals surface area contributed by atoms with Crippen molar-refractivity contribution in [2.24, 2.45) is 0 Å². The molecule has 2 amide bonds. The Labute approximate surface area is 160 Å². The second kappa shape index (κ2) is 9.13. The molecule has 146 valence electrons. The maximum Gasteiger partial charge on any atom is 0.245 e.